The van der Waals surface area contributed by atoms with Crippen LogP contribution in [0.5, 0.6) is 0 Å². The maximum atomic E-state index is 11.9. The molecule has 124 valence electrons. The van der Waals surface area contributed by atoms with Gasteiger partial charge in [-0.3, -0.25) is 10.1 Å². The molecule has 3 rings (SSSR count). The first-order valence-electron chi connectivity index (χ1n) is 7.79. The van der Waals surface area contributed by atoms with Gasteiger partial charge in [0.25, 0.3) is 0 Å². The van der Waals surface area contributed by atoms with Crippen molar-refractivity contribution >= 4 is 34.1 Å². The van der Waals surface area contributed by atoms with Gasteiger partial charge in [0.15, 0.2) is 5.16 Å². The fourth-order valence-corrected chi connectivity index (χ4v) is 4.00. The highest BCUT2D eigenvalue weighted by atomic mass is 32.2. The van der Waals surface area contributed by atoms with E-state index in [0.717, 1.165) is 23.3 Å². The molecule has 1 fully saturated rings. The molecule has 1 amide bonds. The lowest BCUT2D eigenvalue weighted by Crippen LogP contribution is -2.15. The Labute approximate surface area is 143 Å². The van der Waals surface area contributed by atoms with Crippen LogP contribution in [0.15, 0.2) is 10.7 Å². The van der Waals surface area contributed by atoms with E-state index in [0.29, 0.717) is 5.13 Å². The molecule has 2 aromatic rings. The highest BCUT2D eigenvalue weighted by Gasteiger charge is 2.18. The summed E-state index contributed by atoms with van der Waals surface area (Å²) in [4.78, 5) is 11.9. The minimum atomic E-state index is -0.108. The molecule has 0 aliphatic heterocycles. The molecule has 1 aliphatic rings. The van der Waals surface area contributed by atoms with Gasteiger partial charge in [-0.2, -0.15) is 0 Å². The summed E-state index contributed by atoms with van der Waals surface area (Å²) >= 11 is 2.70. The first kappa shape index (κ1) is 16.4. The molecule has 2 aromatic heterocycles. The lowest BCUT2D eigenvalue weighted by Gasteiger charge is -2.20. The third-order valence-corrected chi connectivity index (χ3v) is 5.69. The quantitative estimate of drug-likeness (QED) is 0.804. The fourth-order valence-electron chi connectivity index (χ4n) is 2.81. The Kier molecular flexibility index (Phi) is 5.60. The van der Waals surface area contributed by atoms with Crippen molar-refractivity contribution in [3.8, 4) is 0 Å². The Morgan fingerprint density at radius 2 is 2.17 bits per heavy atom. The van der Waals surface area contributed by atoms with Crippen molar-refractivity contribution in [2.24, 2.45) is 13.0 Å². The average molecular weight is 352 g/mol. The largest absolute Gasteiger partial charge is 0.309 e. The van der Waals surface area contributed by atoms with Gasteiger partial charge in [0, 0.05) is 13.5 Å². The van der Waals surface area contributed by atoms with Crippen LogP contribution >= 0.6 is 23.1 Å². The Bertz CT molecular complexity index is 636. The minimum absolute atomic E-state index is 0.108. The van der Waals surface area contributed by atoms with Gasteiger partial charge in [-0.05, 0) is 5.92 Å². The first-order valence-corrected chi connectivity index (χ1v) is 9.66. The van der Waals surface area contributed by atoms with Gasteiger partial charge >= 0.3 is 0 Å². The molecule has 7 nitrogen and oxygen atoms in total. The van der Waals surface area contributed by atoms with E-state index in [1.54, 1.807) is 5.51 Å². The Balaban J connectivity index is 1.51. The number of carbonyl (C=O) groups is 1. The highest BCUT2D eigenvalue weighted by molar-refractivity contribution is 7.99. The number of anilines is 1. The summed E-state index contributed by atoms with van der Waals surface area (Å²) in [7, 11) is 1.98. The molecule has 0 aromatic carbocycles. The van der Waals surface area contributed by atoms with Crippen molar-refractivity contribution in [3.63, 3.8) is 0 Å². The molecule has 0 atom stereocenters. The number of hydrogen-bond donors (Lipinski definition) is 1. The van der Waals surface area contributed by atoms with E-state index in [9.17, 15) is 4.79 Å². The summed E-state index contributed by atoms with van der Waals surface area (Å²) in [5.74, 6) is 1.92. The normalized spacial score (nSPS) is 15.7. The first-order chi connectivity index (χ1) is 11.2. The van der Waals surface area contributed by atoms with E-state index < -0.39 is 0 Å². The SMILES string of the molecule is Cn1c(CC2CCCCC2)nnc1SCC(=O)Nc1nncs1. The van der Waals surface area contributed by atoms with Crippen LogP contribution in [0.1, 0.15) is 37.9 Å². The standard InChI is InChI=1S/C14H20N6OS2/c1-20-11(7-10-5-3-2-4-6-10)17-19-14(20)22-8-12(21)16-13-18-15-9-23-13/h9-10H,2-8H2,1H3,(H,16,18,21). The molecule has 23 heavy (non-hydrogen) atoms. The molecule has 0 unspecified atom stereocenters. The number of carbonyl (C=O) groups excluding carboxylic acids is 1. The smallest absolute Gasteiger partial charge is 0.236 e. The van der Waals surface area contributed by atoms with Gasteiger partial charge in [0.2, 0.25) is 11.0 Å². The monoisotopic (exact) mass is 352 g/mol. The minimum Gasteiger partial charge on any atom is -0.309 e. The Morgan fingerprint density at radius 3 is 2.91 bits per heavy atom. The number of rotatable bonds is 6. The number of thioether (sulfide) groups is 1. The van der Waals surface area contributed by atoms with Crippen LogP contribution in [0, 0.1) is 5.92 Å². The zero-order valence-corrected chi connectivity index (χ0v) is 14.7. The third kappa shape index (κ3) is 4.51. The molecule has 1 N–H and O–H groups in total. The number of amides is 1. The maximum Gasteiger partial charge on any atom is 0.236 e. The van der Waals surface area contributed by atoms with Gasteiger partial charge in [0.05, 0.1) is 5.75 Å². The summed E-state index contributed by atoms with van der Waals surface area (Å²) in [5, 5.41) is 20.0. The van der Waals surface area contributed by atoms with Crippen molar-refractivity contribution in [1.29, 1.82) is 0 Å². The predicted octanol–water partition coefficient (Wildman–Crippen LogP) is 2.52. The number of nitrogens with one attached hydrogen (secondary N) is 1. The third-order valence-electron chi connectivity index (χ3n) is 4.06. The van der Waals surface area contributed by atoms with Crippen molar-refractivity contribution in [2.75, 3.05) is 11.1 Å². The zero-order valence-electron chi connectivity index (χ0n) is 13.1. The second-order valence-corrected chi connectivity index (χ2v) is 7.52. The van der Waals surface area contributed by atoms with Gasteiger partial charge in [-0.25, -0.2) is 0 Å². The van der Waals surface area contributed by atoms with Gasteiger partial charge in [-0.15, -0.1) is 20.4 Å². The van der Waals surface area contributed by atoms with Gasteiger partial charge in [-0.1, -0.05) is 55.2 Å². The van der Waals surface area contributed by atoms with Crippen LogP contribution in [0.4, 0.5) is 5.13 Å². The highest BCUT2D eigenvalue weighted by Crippen LogP contribution is 2.27. The Hall–Kier alpha value is -1.48. The van der Waals surface area contributed by atoms with Crippen molar-refractivity contribution in [1.82, 2.24) is 25.0 Å². The van der Waals surface area contributed by atoms with Gasteiger partial charge < -0.3 is 4.57 Å². The molecule has 2 heterocycles. The van der Waals surface area contributed by atoms with E-state index in [2.05, 4.69) is 25.7 Å². The van der Waals surface area contributed by atoms with Gasteiger partial charge in [0.1, 0.15) is 11.3 Å². The Morgan fingerprint density at radius 1 is 1.35 bits per heavy atom. The molecule has 0 bridgehead atoms. The number of aromatic nitrogens is 5. The topological polar surface area (TPSA) is 85.6 Å². The van der Waals surface area contributed by atoms with E-state index in [-0.39, 0.29) is 11.7 Å². The summed E-state index contributed by atoms with van der Waals surface area (Å²) in [6, 6.07) is 0. The molecule has 9 heteroatoms. The molecule has 0 saturated heterocycles. The van der Waals surface area contributed by atoms with Crippen molar-refractivity contribution < 1.29 is 4.79 Å². The second-order valence-electron chi connectivity index (χ2n) is 5.75. The summed E-state index contributed by atoms with van der Waals surface area (Å²) < 4.78 is 2.01. The molecule has 1 saturated carbocycles. The summed E-state index contributed by atoms with van der Waals surface area (Å²) in [5.41, 5.74) is 1.59. The maximum absolute atomic E-state index is 11.9. The van der Waals surface area contributed by atoms with Crippen LogP contribution in [0.25, 0.3) is 0 Å². The number of hydrogen-bond acceptors (Lipinski definition) is 7. The van der Waals surface area contributed by atoms with Crippen LogP contribution in [-0.4, -0.2) is 36.6 Å². The summed E-state index contributed by atoms with van der Waals surface area (Å²) in [6.45, 7) is 0. The molecule has 1 aliphatic carbocycles. The lowest BCUT2D eigenvalue weighted by atomic mass is 9.87. The number of nitrogens with zero attached hydrogens (tertiary/aromatic N) is 5. The van der Waals surface area contributed by atoms with Crippen LogP contribution in [0.2, 0.25) is 0 Å². The van der Waals surface area contributed by atoms with E-state index >= 15 is 0 Å². The van der Waals surface area contributed by atoms with Crippen molar-refractivity contribution in [3.05, 3.63) is 11.3 Å². The molecule has 0 radical (unpaired) electrons. The average Bonchev–Trinajstić information content (AvgIpc) is 3.18. The van der Waals surface area contributed by atoms with Crippen LogP contribution in [0.3, 0.4) is 0 Å². The van der Waals surface area contributed by atoms with Crippen LogP contribution in [-0.2, 0) is 18.3 Å². The zero-order chi connectivity index (χ0) is 16.1. The molecular weight excluding hydrogens is 332 g/mol. The lowest BCUT2D eigenvalue weighted by molar-refractivity contribution is -0.113. The van der Waals surface area contributed by atoms with E-state index in [1.807, 2.05) is 11.6 Å². The molecular formula is C14H20N6OS2. The second kappa shape index (κ2) is 7.87. The van der Waals surface area contributed by atoms with E-state index in [1.165, 1.54) is 55.2 Å². The fraction of sp³-hybridized carbons (Fsp3) is 0.643. The summed E-state index contributed by atoms with van der Waals surface area (Å²) in [6.07, 6.45) is 7.59. The van der Waals surface area contributed by atoms with Crippen molar-refractivity contribution in [2.45, 2.75) is 43.7 Å². The predicted molar refractivity (Wildman–Crippen MR) is 90.5 cm³/mol. The molecule has 0 spiro atoms. The van der Waals surface area contributed by atoms with E-state index in [4.69, 9.17) is 0 Å². The van der Waals surface area contributed by atoms with Crippen LogP contribution < -0.4 is 5.32 Å².